The summed E-state index contributed by atoms with van der Waals surface area (Å²) in [5.41, 5.74) is -13.4. The van der Waals surface area contributed by atoms with E-state index in [0.717, 1.165) is 0 Å². The minimum Gasteiger partial charge on any atom is -0.457 e. The van der Waals surface area contributed by atoms with E-state index in [0.29, 0.717) is 0 Å². The van der Waals surface area contributed by atoms with Crippen LogP contribution in [0.1, 0.15) is 33.4 Å². The van der Waals surface area contributed by atoms with Crippen LogP contribution in [0.25, 0.3) is 0 Å². The summed E-state index contributed by atoms with van der Waals surface area (Å²) in [6, 6.07) is -3.19. The van der Waals surface area contributed by atoms with Gasteiger partial charge in [0.1, 0.15) is 23.0 Å². The SMILES string of the molecule is FC(F)(F)c1cc(Oc2cc(Oc3cc(C(F)(F)F)cc(C(F)(F)F)c3)c(C(F)(F)F)cc2C(F)(F)F)cc(C(F)(F)F)c1. The van der Waals surface area contributed by atoms with Crippen molar-refractivity contribution in [3.63, 3.8) is 0 Å². The van der Waals surface area contributed by atoms with Gasteiger partial charge in [-0.15, -0.1) is 0 Å². The van der Waals surface area contributed by atoms with Gasteiger partial charge >= 0.3 is 37.1 Å². The topological polar surface area (TPSA) is 18.5 Å². The molecule has 0 aliphatic carbocycles. The van der Waals surface area contributed by atoms with Crippen LogP contribution in [0.5, 0.6) is 23.0 Å². The molecule has 0 bridgehead atoms. The van der Waals surface area contributed by atoms with Crippen LogP contribution in [-0.2, 0) is 37.1 Å². The minimum absolute atomic E-state index is 0.254. The molecule has 0 aliphatic heterocycles. The Morgan fingerprint density at radius 1 is 0.295 bits per heavy atom. The second-order valence-corrected chi connectivity index (χ2v) is 8.53. The molecule has 0 saturated heterocycles. The molecule has 242 valence electrons. The highest BCUT2D eigenvalue weighted by Gasteiger charge is 2.43. The maximum Gasteiger partial charge on any atom is 0.420 e. The number of ether oxygens (including phenoxy) is 2. The number of rotatable bonds is 4. The highest BCUT2D eigenvalue weighted by molar-refractivity contribution is 5.53. The molecule has 0 radical (unpaired) electrons. The van der Waals surface area contributed by atoms with Crippen molar-refractivity contribution in [2.75, 3.05) is 0 Å². The van der Waals surface area contributed by atoms with E-state index in [9.17, 15) is 79.0 Å². The standard InChI is InChI=1S/C24H8F18O2/c25-19(26,27)9-1-10(20(28,29)30)4-13(3-9)43-17-8-18(16(24(40,41)42)7-15(17)23(37,38)39)44-14-5-11(21(31,32)33)2-12(6-14)22(34,35)36/h1-8H. The zero-order valence-corrected chi connectivity index (χ0v) is 20.2. The molecule has 3 aromatic carbocycles. The fourth-order valence-corrected chi connectivity index (χ4v) is 3.40. The summed E-state index contributed by atoms with van der Waals surface area (Å²) < 4.78 is 249. The van der Waals surface area contributed by atoms with E-state index in [1.807, 2.05) is 0 Å². The van der Waals surface area contributed by atoms with Crippen molar-refractivity contribution < 1.29 is 88.5 Å². The fourth-order valence-electron chi connectivity index (χ4n) is 3.40. The lowest BCUT2D eigenvalue weighted by molar-refractivity contribution is -0.146. The highest BCUT2D eigenvalue weighted by atomic mass is 19.4. The lowest BCUT2D eigenvalue weighted by Crippen LogP contribution is -2.14. The average Bonchev–Trinajstić information content (AvgIpc) is 2.80. The first-order valence-corrected chi connectivity index (χ1v) is 10.8. The zero-order chi connectivity index (χ0) is 33.8. The third-order valence-electron chi connectivity index (χ3n) is 5.27. The molecule has 0 unspecified atom stereocenters. The first kappa shape index (κ1) is 34.5. The van der Waals surface area contributed by atoms with Crippen molar-refractivity contribution in [3.8, 4) is 23.0 Å². The van der Waals surface area contributed by atoms with E-state index in [1.54, 1.807) is 0 Å². The first-order chi connectivity index (χ1) is 19.6. The first-order valence-electron chi connectivity index (χ1n) is 10.8. The monoisotopic (exact) mass is 670 g/mol. The number of alkyl halides is 18. The van der Waals surface area contributed by atoms with Gasteiger partial charge in [-0.25, -0.2) is 0 Å². The average molecular weight is 670 g/mol. The predicted octanol–water partition coefficient (Wildman–Crippen LogP) is 11.4. The van der Waals surface area contributed by atoms with Gasteiger partial charge in [-0.3, -0.25) is 0 Å². The van der Waals surface area contributed by atoms with Crippen LogP contribution in [0.15, 0.2) is 48.5 Å². The van der Waals surface area contributed by atoms with Gasteiger partial charge in [0.25, 0.3) is 0 Å². The van der Waals surface area contributed by atoms with E-state index >= 15 is 0 Å². The quantitative estimate of drug-likeness (QED) is 0.257. The van der Waals surface area contributed by atoms with Gasteiger partial charge in [0.05, 0.1) is 33.4 Å². The second kappa shape index (κ2) is 10.9. The van der Waals surface area contributed by atoms with E-state index in [2.05, 4.69) is 9.47 Å². The summed E-state index contributed by atoms with van der Waals surface area (Å²) in [6.45, 7) is 0. The third kappa shape index (κ3) is 8.13. The summed E-state index contributed by atoms with van der Waals surface area (Å²) in [6.07, 6.45) is -34.0. The molecule has 0 N–H and O–H groups in total. The van der Waals surface area contributed by atoms with Crippen LogP contribution in [0.2, 0.25) is 0 Å². The van der Waals surface area contributed by atoms with Gasteiger partial charge in [0, 0.05) is 6.07 Å². The number of halogens is 18. The van der Waals surface area contributed by atoms with Crippen LogP contribution in [0.4, 0.5) is 79.0 Å². The van der Waals surface area contributed by atoms with Crippen LogP contribution in [-0.4, -0.2) is 0 Å². The molecule has 3 rings (SSSR count). The number of hydrogen-bond donors (Lipinski definition) is 0. The Bertz CT molecular complexity index is 1340. The minimum atomic E-state index is -5.87. The molecule has 20 heteroatoms. The smallest absolute Gasteiger partial charge is 0.420 e. The molecule has 0 saturated carbocycles. The summed E-state index contributed by atoms with van der Waals surface area (Å²) >= 11 is 0. The van der Waals surface area contributed by atoms with Crippen molar-refractivity contribution in [2.24, 2.45) is 0 Å². The van der Waals surface area contributed by atoms with Crippen molar-refractivity contribution in [2.45, 2.75) is 37.1 Å². The Balaban J connectivity index is 2.31. The number of benzene rings is 3. The van der Waals surface area contributed by atoms with Gasteiger partial charge in [0.15, 0.2) is 0 Å². The predicted molar refractivity (Wildman–Crippen MR) is 109 cm³/mol. The van der Waals surface area contributed by atoms with E-state index in [-0.39, 0.29) is 24.3 Å². The molecule has 0 aromatic heterocycles. The molecule has 0 fully saturated rings. The van der Waals surface area contributed by atoms with Crippen LogP contribution >= 0.6 is 0 Å². The largest absolute Gasteiger partial charge is 0.457 e. The molecule has 0 spiro atoms. The molecular formula is C24H8F18O2. The Morgan fingerprint density at radius 3 is 0.750 bits per heavy atom. The summed E-state index contributed by atoms with van der Waals surface area (Å²) in [7, 11) is 0. The Labute approximate surface area is 231 Å². The molecule has 0 aliphatic rings. The lowest BCUT2D eigenvalue weighted by Gasteiger charge is -2.21. The molecule has 44 heavy (non-hydrogen) atoms. The van der Waals surface area contributed by atoms with Crippen LogP contribution in [0, 0.1) is 0 Å². The Hall–Kier alpha value is -4.00. The lowest BCUT2D eigenvalue weighted by atomic mass is 10.1. The normalized spacial score (nSPS) is 13.7. The van der Waals surface area contributed by atoms with Gasteiger partial charge in [0.2, 0.25) is 0 Å². The molecule has 0 heterocycles. The number of hydrogen-bond acceptors (Lipinski definition) is 2. The van der Waals surface area contributed by atoms with Gasteiger partial charge < -0.3 is 9.47 Å². The van der Waals surface area contributed by atoms with E-state index < -0.39 is 118 Å². The Morgan fingerprint density at radius 2 is 0.545 bits per heavy atom. The van der Waals surface area contributed by atoms with E-state index in [1.165, 1.54) is 0 Å². The summed E-state index contributed by atoms with van der Waals surface area (Å²) in [5.74, 6) is -7.23. The second-order valence-electron chi connectivity index (χ2n) is 8.53. The maximum atomic E-state index is 13.7. The molecule has 0 atom stereocenters. The third-order valence-corrected chi connectivity index (χ3v) is 5.27. The summed E-state index contributed by atoms with van der Waals surface area (Å²) in [4.78, 5) is 0. The zero-order valence-electron chi connectivity index (χ0n) is 20.2. The van der Waals surface area contributed by atoms with Gasteiger partial charge in [-0.05, 0) is 42.5 Å². The fraction of sp³-hybridized carbons (Fsp3) is 0.250. The van der Waals surface area contributed by atoms with Crippen LogP contribution < -0.4 is 9.47 Å². The van der Waals surface area contributed by atoms with Crippen LogP contribution in [0.3, 0.4) is 0 Å². The van der Waals surface area contributed by atoms with Crippen molar-refractivity contribution in [1.29, 1.82) is 0 Å². The van der Waals surface area contributed by atoms with E-state index in [4.69, 9.17) is 0 Å². The highest BCUT2D eigenvalue weighted by Crippen LogP contribution is 2.49. The molecule has 3 aromatic rings. The van der Waals surface area contributed by atoms with Crippen molar-refractivity contribution in [1.82, 2.24) is 0 Å². The molecular weight excluding hydrogens is 662 g/mol. The Kier molecular flexibility index (Phi) is 8.52. The van der Waals surface area contributed by atoms with Gasteiger partial charge in [-0.1, -0.05) is 0 Å². The van der Waals surface area contributed by atoms with Gasteiger partial charge in [-0.2, -0.15) is 79.0 Å². The van der Waals surface area contributed by atoms with Crippen molar-refractivity contribution in [3.05, 3.63) is 81.9 Å². The summed E-state index contributed by atoms with van der Waals surface area (Å²) in [5, 5.41) is 0. The molecule has 2 nitrogen and oxygen atoms in total. The maximum absolute atomic E-state index is 13.7. The molecule has 0 amide bonds. The van der Waals surface area contributed by atoms with Crippen molar-refractivity contribution >= 4 is 0 Å².